The second kappa shape index (κ2) is 3.45. The van der Waals surface area contributed by atoms with Crippen LogP contribution in [0.3, 0.4) is 0 Å². The van der Waals surface area contributed by atoms with Gasteiger partial charge in [0.05, 0.1) is 4.05 Å². The molecule has 1 atom stereocenters. The number of alkyl halides is 1. The highest BCUT2D eigenvalue weighted by Crippen LogP contribution is 2.11. The van der Waals surface area contributed by atoms with E-state index in [0.29, 0.717) is 4.05 Å². The van der Waals surface area contributed by atoms with Crippen LogP contribution >= 0.6 is 22.6 Å². The molecule has 0 heterocycles. The summed E-state index contributed by atoms with van der Waals surface area (Å²) in [6.45, 7) is 5.87. The van der Waals surface area contributed by atoms with Gasteiger partial charge in [0.25, 0.3) is 0 Å². The summed E-state index contributed by atoms with van der Waals surface area (Å²) in [5.74, 6) is 0. The molecule has 0 aliphatic carbocycles. The average Bonchev–Trinajstić information content (AvgIpc) is 1.64. The molecule has 0 spiro atoms. The van der Waals surface area contributed by atoms with Crippen LogP contribution in [0.1, 0.15) is 6.92 Å². The Labute approximate surface area is 64.9 Å². The SMILES string of the molecule is C=C(C)C(I)N(C)C. The van der Waals surface area contributed by atoms with Crippen LogP contribution in [0.25, 0.3) is 0 Å². The van der Waals surface area contributed by atoms with Crippen LogP contribution in [-0.4, -0.2) is 23.0 Å². The maximum atomic E-state index is 3.83. The molecule has 1 unspecified atom stereocenters. The van der Waals surface area contributed by atoms with Crippen LogP contribution in [0, 0.1) is 0 Å². The van der Waals surface area contributed by atoms with Crippen LogP contribution in [0.2, 0.25) is 0 Å². The van der Waals surface area contributed by atoms with Crippen LogP contribution in [0.5, 0.6) is 0 Å². The third-order valence-corrected chi connectivity index (χ3v) is 3.04. The Kier molecular flexibility index (Phi) is 3.64. The summed E-state index contributed by atoms with van der Waals surface area (Å²) in [4.78, 5) is 2.13. The van der Waals surface area contributed by atoms with Crippen molar-refractivity contribution in [2.45, 2.75) is 11.0 Å². The van der Waals surface area contributed by atoms with E-state index < -0.39 is 0 Å². The van der Waals surface area contributed by atoms with Crippen molar-refractivity contribution >= 4 is 22.6 Å². The second-order valence-corrected chi connectivity index (χ2v) is 3.33. The molecular formula is C6H12IN. The van der Waals surface area contributed by atoms with Gasteiger partial charge in [0.2, 0.25) is 0 Å². The quantitative estimate of drug-likeness (QED) is 0.300. The highest BCUT2D eigenvalue weighted by atomic mass is 127. The van der Waals surface area contributed by atoms with Crippen molar-refractivity contribution in [3.8, 4) is 0 Å². The van der Waals surface area contributed by atoms with Crippen molar-refractivity contribution in [1.82, 2.24) is 4.90 Å². The minimum atomic E-state index is 0.479. The summed E-state index contributed by atoms with van der Waals surface area (Å²) < 4.78 is 0.479. The van der Waals surface area contributed by atoms with Gasteiger partial charge >= 0.3 is 0 Å². The molecule has 0 aliphatic heterocycles. The predicted molar refractivity (Wildman–Crippen MR) is 46.3 cm³/mol. The molecule has 0 radical (unpaired) electrons. The van der Waals surface area contributed by atoms with E-state index in [1.807, 2.05) is 21.0 Å². The maximum Gasteiger partial charge on any atom is 0.0823 e. The first-order valence-corrected chi connectivity index (χ1v) is 3.76. The Balaban J connectivity index is 3.64. The zero-order chi connectivity index (χ0) is 6.73. The second-order valence-electron chi connectivity index (χ2n) is 2.15. The molecule has 0 aromatic heterocycles. The Morgan fingerprint density at radius 3 is 2.00 bits per heavy atom. The highest BCUT2D eigenvalue weighted by Gasteiger charge is 2.04. The zero-order valence-electron chi connectivity index (χ0n) is 5.61. The van der Waals surface area contributed by atoms with Gasteiger partial charge in [0.1, 0.15) is 0 Å². The molecule has 0 aliphatic rings. The fraction of sp³-hybridized carbons (Fsp3) is 0.667. The number of hydrogen-bond donors (Lipinski definition) is 0. The van der Waals surface area contributed by atoms with Crippen molar-refractivity contribution in [2.75, 3.05) is 14.1 Å². The van der Waals surface area contributed by atoms with E-state index in [2.05, 4.69) is 34.1 Å². The molecule has 0 amide bonds. The van der Waals surface area contributed by atoms with Crippen LogP contribution < -0.4 is 0 Å². The smallest absolute Gasteiger partial charge is 0.0823 e. The van der Waals surface area contributed by atoms with Crippen molar-refractivity contribution in [3.63, 3.8) is 0 Å². The molecule has 0 saturated carbocycles. The summed E-state index contributed by atoms with van der Waals surface area (Å²) in [5.41, 5.74) is 1.20. The van der Waals surface area contributed by atoms with Gasteiger partial charge in [-0.3, -0.25) is 4.90 Å². The van der Waals surface area contributed by atoms with Crippen molar-refractivity contribution in [3.05, 3.63) is 12.2 Å². The molecule has 8 heavy (non-hydrogen) atoms. The summed E-state index contributed by atoms with van der Waals surface area (Å²) in [6, 6.07) is 0. The monoisotopic (exact) mass is 225 g/mol. The number of halogens is 1. The van der Waals surface area contributed by atoms with Gasteiger partial charge in [-0.05, 0) is 21.0 Å². The maximum absolute atomic E-state index is 3.83. The van der Waals surface area contributed by atoms with E-state index in [1.54, 1.807) is 0 Å². The van der Waals surface area contributed by atoms with Crippen molar-refractivity contribution in [2.24, 2.45) is 0 Å². The third kappa shape index (κ3) is 2.67. The Hall–Kier alpha value is 0.430. The zero-order valence-corrected chi connectivity index (χ0v) is 7.77. The van der Waals surface area contributed by atoms with Gasteiger partial charge in [-0.15, -0.1) is 0 Å². The van der Waals surface area contributed by atoms with E-state index in [4.69, 9.17) is 0 Å². The van der Waals surface area contributed by atoms with E-state index in [9.17, 15) is 0 Å². The third-order valence-electron chi connectivity index (χ3n) is 0.860. The lowest BCUT2D eigenvalue weighted by atomic mass is 10.3. The summed E-state index contributed by atoms with van der Waals surface area (Å²) >= 11 is 2.35. The Morgan fingerprint density at radius 2 is 2.00 bits per heavy atom. The Morgan fingerprint density at radius 1 is 1.62 bits per heavy atom. The molecule has 0 saturated heterocycles. The summed E-state index contributed by atoms with van der Waals surface area (Å²) in [6.07, 6.45) is 0. The largest absolute Gasteiger partial charge is 0.294 e. The minimum Gasteiger partial charge on any atom is -0.294 e. The molecule has 2 heteroatoms. The molecule has 0 aromatic carbocycles. The first-order valence-electron chi connectivity index (χ1n) is 2.51. The lowest BCUT2D eigenvalue weighted by Gasteiger charge is -2.17. The van der Waals surface area contributed by atoms with Gasteiger partial charge in [0, 0.05) is 0 Å². The lowest BCUT2D eigenvalue weighted by molar-refractivity contribution is 0.430. The van der Waals surface area contributed by atoms with E-state index in [0.717, 1.165) is 0 Å². The summed E-state index contributed by atoms with van der Waals surface area (Å²) in [7, 11) is 4.09. The van der Waals surface area contributed by atoms with Crippen LogP contribution in [0.15, 0.2) is 12.2 Å². The Bertz CT molecular complexity index is 88.5. The van der Waals surface area contributed by atoms with E-state index in [1.165, 1.54) is 5.57 Å². The molecule has 0 aromatic rings. The molecule has 48 valence electrons. The standard InChI is InChI=1S/C6H12IN/c1-5(2)6(7)8(3)4/h6H,1H2,2-4H3. The van der Waals surface area contributed by atoms with Gasteiger partial charge < -0.3 is 0 Å². The number of nitrogens with zero attached hydrogens (tertiary/aromatic N) is 1. The first-order chi connectivity index (χ1) is 3.55. The highest BCUT2D eigenvalue weighted by molar-refractivity contribution is 14.1. The van der Waals surface area contributed by atoms with E-state index in [-0.39, 0.29) is 0 Å². The van der Waals surface area contributed by atoms with Crippen LogP contribution in [-0.2, 0) is 0 Å². The fourth-order valence-corrected chi connectivity index (χ4v) is 0.441. The first kappa shape index (κ1) is 8.43. The number of hydrogen-bond acceptors (Lipinski definition) is 1. The molecule has 0 bridgehead atoms. The van der Waals surface area contributed by atoms with Crippen molar-refractivity contribution < 1.29 is 0 Å². The van der Waals surface area contributed by atoms with Crippen LogP contribution in [0.4, 0.5) is 0 Å². The van der Waals surface area contributed by atoms with E-state index >= 15 is 0 Å². The lowest BCUT2D eigenvalue weighted by Crippen LogP contribution is -2.21. The van der Waals surface area contributed by atoms with Gasteiger partial charge in [-0.2, -0.15) is 0 Å². The summed E-state index contributed by atoms with van der Waals surface area (Å²) in [5, 5.41) is 0. The number of likely N-dealkylation sites (N-methyl/N-ethyl adjacent to an activating group) is 1. The predicted octanol–water partition coefficient (Wildman–Crippen LogP) is 1.89. The fourth-order valence-electron chi connectivity index (χ4n) is 0.441. The molecule has 0 fully saturated rings. The molecule has 1 nitrogen and oxygen atoms in total. The van der Waals surface area contributed by atoms with Gasteiger partial charge in [0.15, 0.2) is 0 Å². The van der Waals surface area contributed by atoms with Crippen molar-refractivity contribution in [1.29, 1.82) is 0 Å². The minimum absolute atomic E-state index is 0.479. The normalized spacial score (nSPS) is 14.1. The molecule has 0 N–H and O–H groups in total. The van der Waals surface area contributed by atoms with Gasteiger partial charge in [-0.25, -0.2) is 0 Å². The topological polar surface area (TPSA) is 3.24 Å². The molecule has 0 rings (SSSR count). The molecular weight excluding hydrogens is 213 g/mol. The van der Waals surface area contributed by atoms with Gasteiger partial charge in [-0.1, -0.05) is 34.7 Å². The average molecular weight is 225 g/mol. The number of rotatable bonds is 2.